The Hall–Kier alpha value is -2.08. The SMILES string of the molecule is CC1CN(c2c(F)cc3c(=O)ccn4c3c2OCC4C)CCN1C. The fourth-order valence-electron chi connectivity index (χ4n) is 3.70. The van der Waals surface area contributed by atoms with Gasteiger partial charge in [-0.05, 0) is 27.0 Å². The molecule has 0 spiro atoms. The molecule has 2 atom stereocenters. The lowest BCUT2D eigenvalue weighted by Gasteiger charge is -2.40. The van der Waals surface area contributed by atoms with Crippen LogP contribution in [-0.2, 0) is 0 Å². The summed E-state index contributed by atoms with van der Waals surface area (Å²) in [6.45, 7) is 7.00. The van der Waals surface area contributed by atoms with Crippen LogP contribution in [0.2, 0.25) is 0 Å². The van der Waals surface area contributed by atoms with E-state index in [1.807, 2.05) is 16.4 Å². The van der Waals surface area contributed by atoms with E-state index in [9.17, 15) is 9.18 Å². The Morgan fingerprint density at radius 3 is 2.79 bits per heavy atom. The van der Waals surface area contributed by atoms with E-state index in [-0.39, 0.29) is 17.3 Å². The molecule has 1 aromatic carbocycles. The Morgan fingerprint density at radius 2 is 2.04 bits per heavy atom. The molecule has 0 N–H and O–H groups in total. The average molecular weight is 331 g/mol. The van der Waals surface area contributed by atoms with Crippen molar-refractivity contribution in [3.05, 3.63) is 34.4 Å². The summed E-state index contributed by atoms with van der Waals surface area (Å²) in [5.41, 5.74) is 1.04. The standard InChI is InChI=1S/C18H22FN3O2/c1-11-9-21(7-6-20(11)3)17-14(19)8-13-15(23)4-5-22-12(2)10-24-18(17)16(13)22/h4-5,8,11-12H,6-7,9-10H2,1-3H3. The van der Waals surface area contributed by atoms with E-state index < -0.39 is 0 Å². The summed E-state index contributed by atoms with van der Waals surface area (Å²) in [6, 6.07) is 3.33. The summed E-state index contributed by atoms with van der Waals surface area (Å²) in [4.78, 5) is 16.5. The lowest BCUT2D eigenvalue weighted by molar-refractivity contribution is 0.227. The van der Waals surface area contributed by atoms with Crippen LogP contribution >= 0.6 is 0 Å². The molecule has 24 heavy (non-hydrogen) atoms. The summed E-state index contributed by atoms with van der Waals surface area (Å²) >= 11 is 0. The first-order valence-corrected chi connectivity index (χ1v) is 8.42. The number of anilines is 1. The normalized spacial score (nSPS) is 24.2. The van der Waals surface area contributed by atoms with Crippen LogP contribution in [0.25, 0.3) is 10.9 Å². The lowest BCUT2D eigenvalue weighted by atomic mass is 10.1. The van der Waals surface area contributed by atoms with Gasteiger partial charge >= 0.3 is 0 Å². The number of benzene rings is 1. The van der Waals surface area contributed by atoms with E-state index in [2.05, 4.69) is 18.9 Å². The van der Waals surface area contributed by atoms with Gasteiger partial charge in [-0.2, -0.15) is 0 Å². The van der Waals surface area contributed by atoms with E-state index in [0.717, 1.165) is 19.6 Å². The van der Waals surface area contributed by atoms with Gasteiger partial charge in [0.2, 0.25) is 0 Å². The Morgan fingerprint density at radius 1 is 1.25 bits per heavy atom. The Bertz CT molecular complexity index is 863. The molecule has 6 heteroatoms. The van der Waals surface area contributed by atoms with Crippen molar-refractivity contribution in [2.24, 2.45) is 0 Å². The molecule has 0 saturated carbocycles. The van der Waals surface area contributed by atoms with Crippen molar-refractivity contribution in [1.29, 1.82) is 0 Å². The molecule has 1 saturated heterocycles. The van der Waals surface area contributed by atoms with Crippen LogP contribution in [0, 0.1) is 5.82 Å². The molecule has 0 amide bonds. The molecular weight excluding hydrogens is 309 g/mol. The molecule has 1 fully saturated rings. The molecule has 3 heterocycles. The topological polar surface area (TPSA) is 37.7 Å². The zero-order valence-electron chi connectivity index (χ0n) is 14.3. The third-order valence-electron chi connectivity index (χ3n) is 5.31. The summed E-state index contributed by atoms with van der Waals surface area (Å²) < 4.78 is 22.9. The zero-order valence-corrected chi connectivity index (χ0v) is 14.3. The third kappa shape index (κ3) is 2.20. The largest absolute Gasteiger partial charge is 0.487 e. The first-order chi connectivity index (χ1) is 11.5. The molecule has 2 aromatic rings. The number of halogens is 1. The highest BCUT2D eigenvalue weighted by molar-refractivity contribution is 5.92. The molecule has 5 nitrogen and oxygen atoms in total. The van der Waals surface area contributed by atoms with Crippen LogP contribution in [0.1, 0.15) is 19.9 Å². The van der Waals surface area contributed by atoms with Gasteiger partial charge in [0.25, 0.3) is 0 Å². The maximum absolute atomic E-state index is 14.9. The van der Waals surface area contributed by atoms with E-state index in [0.29, 0.717) is 35.0 Å². The Balaban J connectivity index is 1.95. The van der Waals surface area contributed by atoms with Crippen LogP contribution in [0.4, 0.5) is 10.1 Å². The fourth-order valence-corrected chi connectivity index (χ4v) is 3.70. The van der Waals surface area contributed by atoms with E-state index >= 15 is 0 Å². The number of nitrogens with zero attached hydrogens (tertiary/aromatic N) is 3. The first kappa shape index (κ1) is 15.4. The third-order valence-corrected chi connectivity index (χ3v) is 5.31. The molecule has 2 unspecified atom stereocenters. The van der Waals surface area contributed by atoms with Gasteiger partial charge in [0, 0.05) is 37.9 Å². The number of hydrogen-bond donors (Lipinski definition) is 0. The van der Waals surface area contributed by atoms with Crippen molar-refractivity contribution in [2.75, 3.05) is 38.2 Å². The summed E-state index contributed by atoms with van der Waals surface area (Å²) in [5.74, 6) is 0.135. The highest BCUT2D eigenvalue weighted by Gasteiger charge is 2.30. The highest BCUT2D eigenvalue weighted by atomic mass is 19.1. The predicted molar refractivity (Wildman–Crippen MR) is 92.7 cm³/mol. The summed E-state index contributed by atoms with van der Waals surface area (Å²) in [7, 11) is 2.08. The molecule has 0 radical (unpaired) electrons. The van der Waals surface area contributed by atoms with Crippen molar-refractivity contribution in [3.8, 4) is 5.75 Å². The second-order valence-electron chi connectivity index (χ2n) is 6.96. The van der Waals surface area contributed by atoms with E-state index in [1.54, 1.807) is 6.20 Å². The quantitative estimate of drug-likeness (QED) is 0.803. The molecule has 2 aliphatic rings. The minimum atomic E-state index is -0.376. The van der Waals surface area contributed by atoms with Gasteiger partial charge in [-0.15, -0.1) is 0 Å². The monoisotopic (exact) mass is 331 g/mol. The number of aromatic nitrogens is 1. The van der Waals surface area contributed by atoms with Crippen LogP contribution in [-0.4, -0.2) is 48.8 Å². The van der Waals surface area contributed by atoms with Crippen molar-refractivity contribution in [2.45, 2.75) is 25.9 Å². The second-order valence-corrected chi connectivity index (χ2v) is 6.96. The van der Waals surface area contributed by atoms with Gasteiger partial charge in [-0.1, -0.05) is 0 Å². The molecule has 128 valence electrons. The molecule has 0 bridgehead atoms. The van der Waals surface area contributed by atoms with Crippen molar-refractivity contribution < 1.29 is 9.13 Å². The smallest absolute Gasteiger partial charge is 0.189 e. The number of ether oxygens (including phenoxy) is 1. The zero-order chi connectivity index (χ0) is 17.0. The summed E-state index contributed by atoms with van der Waals surface area (Å²) in [5, 5.41) is 0.391. The van der Waals surface area contributed by atoms with Gasteiger partial charge < -0.3 is 19.1 Å². The van der Waals surface area contributed by atoms with Gasteiger partial charge in [-0.3, -0.25) is 4.79 Å². The molecule has 1 aromatic heterocycles. The number of hydrogen-bond acceptors (Lipinski definition) is 4. The first-order valence-electron chi connectivity index (χ1n) is 8.42. The van der Waals surface area contributed by atoms with E-state index in [4.69, 9.17) is 4.74 Å². The highest BCUT2D eigenvalue weighted by Crippen LogP contribution is 2.41. The van der Waals surface area contributed by atoms with Crippen LogP contribution in [0.5, 0.6) is 5.75 Å². The maximum Gasteiger partial charge on any atom is 0.189 e. The Kier molecular flexibility index (Phi) is 3.53. The number of likely N-dealkylation sites (N-methyl/N-ethyl adjacent to an activating group) is 1. The molecule has 2 aliphatic heterocycles. The number of pyridine rings is 1. The van der Waals surface area contributed by atoms with Gasteiger partial charge in [0.05, 0.1) is 16.9 Å². The van der Waals surface area contributed by atoms with Crippen LogP contribution in [0.3, 0.4) is 0 Å². The van der Waals surface area contributed by atoms with Crippen LogP contribution in [0.15, 0.2) is 23.1 Å². The van der Waals surface area contributed by atoms with E-state index in [1.165, 1.54) is 12.1 Å². The number of piperazine rings is 1. The maximum atomic E-state index is 14.9. The van der Waals surface area contributed by atoms with Crippen molar-refractivity contribution >= 4 is 16.6 Å². The summed E-state index contributed by atoms with van der Waals surface area (Å²) in [6.07, 6.45) is 1.79. The van der Waals surface area contributed by atoms with Crippen molar-refractivity contribution in [1.82, 2.24) is 9.47 Å². The van der Waals surface area contributed by atoms with Gasteiger partial charge in [-0.25, -0.2) is 4.39 Å². The minimum Gasteiger partial charge on any atom is -0.487 e. The lowest BCUT2D eigenvalue weighted by Crippen LogP contribution is -2.50. The predicted octanol–water partition coefficient (Wildman–Crippen LogP) is 2.23. The molecule has 0 aliphatic carbocycles. The molecule has 4 rings (SSSR count). The number of rotatable bonds is 1. The Labute approximate surface area is 140 Å². The van der Waals surface area contributed by atoms with Gasteiger partial charge in [0.1, 0.15) is 12.3 Å². The average Bonchev–Trinajstić information content (AvgIpc) is 2.55. The molecular formula is C18H22FN3O2. The van der Waals surface area contributed by atoms with Crippen molar-refractivity contribution in [3.63, 3.8) is 0 Å². The fraction of sp³-hybridized carbons (Fsp3) is 0.500. The van der Waals surface area contributed by atoms with Crippen LogP contribution < -0.4 is 15.1 Å². The minimum absolute atomic E-state index is 0.116. The van der Waals surface area contributed by atoms with Gasteiger partial charge in [0.15, 0.2) is 17.0 Å². The second kappa shape index (κ2) is 5.48.